The maximum atomic E-state index is 12.3. The number of nitrogens with zero attached hydrogens (tertiary/aromatic N) is 1. The van der Waals surface area contributed by atoms with E-state index in [1.54, 1.807) is 14.0 Å². The van der Waals surface area contributed by atoms with Crippen molar-refractivity contribution in [3.63, 3.8) is 0 Å². The van der Waals surface area contributed by atoms with Crippen LogP contribution in [0.1, 0.15) is 30.9 Å². The van der Waals surface area contributed by atoms with Crippen molar-refractivity contribution >= 4 is 17.8 Å². The van der Waals surface area contributed by atoms with E-state index in [0.717, 1.165) is 16.9 Å². The van der Waals surface area contributed by atoms with Gasteiger partial charge in [0, 0.05) is 26.2 Å². The van der Waals surface area contributed by atoms with Crippen molar-refractivity contribution in [2.24, 2.45) is 0 Å². The molecule has 0 bridgehead atoms. The third kappa shape index (κ3) is 6.23. The Balaban J connectivity index is 1.94. The Morgan fingerprint density at radius 2 is 2.14 bits per heavy atom. The van der Waals surface area contributed by atoms with E-state index in [0.29, 0.717) is 26.2 Å². The molecular formula is C20H29N3O5. The Morgan fingerprint density at radius 3 is 2.82 bits per heavy atom. The monoisotopic (exact) mass is 391 g/mol. The molecular weight excluding hydrogens is 362 g/mol. The number of piperazine rings is 1. The first-order valence-electron chi connectivity index (χ1n) is 9.52. The van der Waals surface area contributed by atoms with Gasteiger partial charge in [0.15, 0.2) is 0 Å². The molecule has 1 aliphatic heterocycles. The molecule has 0 aromatic heterocycles. The number of benzene rings is 1. The molecule has 8 nitrogen and oxygen atoms in total. The zero-order chi connectivity index (χ0) is 20.5. The molecule has 1 heterocycles. The standard InChI is InChI=1S/C20H29N3O5/c1-4-28-19(25)7-8-21-18(24)12-16-20(26)22-9-10-23(16)13-15-5-6-17(27-3)14(2)11-15/h5-6,11,16H,4,7-10,12-13H2,1-3H3,(H,21,24)(H,22,26)/t16-/m0/s1. The van der Waals surface area contributed by atoms with E-state index < -0.39 is 6.04 Å². The number of carbonyl (C=O) groups is 3. The minimum atomic E-state index is -0.543. The maximum absolute atomic E-state index is 12.3. The maximum Gasteiger partial charge on any atom is 0.307 e. The van der Waals surface area contributed by atoms with Crippen LogP contribution in [0.4, 0.5) is 0 Å². The van der Waals surface area contributed by atoms with Crippen LogP contribution in [0.15, 0.2) is 18.2 Å². The summed E-state index contributed by atoms with van der Waals surface area (Å²) in [6.07, 6.45) is 0.162. The molecule has 1 aliphatic rings. The molecule has 1 aromatic rings. The summed E-state index contributed by atoms with van der Waals surface area (Å²) in [5, 5.41) is 5.50. The first kappa shape index (κ1) is 21.7. The van der Waals surface area contributed by atoms with Crippen LogP contribution >= 0.6 is 0 Å². The van der Waals surface area contributed by atoms with Crippen molar-refractivity contribution in [2.45, 2.75) is 39.3 Å². The lowest BCUT2D eigenvalue weighted by Crippen LogP contribution is -2.56. The minimum Gasteiger partial charge on any atom is -0.496 e. The Labute approximate surface area is 165 Å². The van der Waals surface area contributed by atoms with Crippen molar-refractivity contribution in [2.75, 3.05) is 33.4 Å². The van der Waals surface area contributed by atoms with E-state index in [4.69, 9.17) is 9.47 Å². The second kappa shape index (κ2) is 10.7. The van der Waals surface area contributed by atoms with E-state index >= 15 is 0 Å². The van der Waals surface area contributed by atoms with Gasteiger partial charge < -0.3 is 20.1 Å². The van der Waals surface area contributed by atoms with E-state index in [1.165, 1.54) is 0 Å². The molecule has 154 valence electrons. The van der Waals surface area contributed by atoms with Crippen LogP contribution in [0.3, 0.4) is 0 Å². The van der Waals surface area contributed by atoms with Crippen LogP contribution in [0.2, 0.25) is 0 Å². The summed E-state index contributed by atoms with van der Waals surface area (Å²) in [6, 6.07) is 5.36. The normalized spacial score (nSPS) is 17.0. The lowest BCUT2D eigenvalue weighted by atomic mass is 10.1. The molecule has 28 heavy (non-hydrogen) atoms. The van der Waals surface area contributed by atoms with Gasteiger partial charge in [0.25, 0.3) is 0 Å². The largest absolute Gasteiger partial charge is 0.496 e. The Hall–Kier alpha value is -2.61. The van der Waals surface area contributed by atoms with Gasteiger partial charge in [-0.2, -0.15) is 0 Å². The summed E-state index contributed by atoms with van der Waals surface area (Å²) in [5.74, 6) is 0.0478. The second-order valence-electron chi connectivity index (χ2n) is 6.69. The SMILES string of the molecule is CCOC(=O)CCNC(=O)C[C@H]1C(=O)NCCN1Cc1ccc(OC)c(C)c1. The van der Waals surface area contributed by atoms with Crippen LogP contribution in [0.5, 0.6) is 5.75 Å². The highest BCUT2D eigenvalue weighted by Gasteiger charge is 2.31. The lowest BCUT2D eigenvalue weighted by Gasteiger charge is -2.34. The molecule has 0 unspecified atom stereocenters. The van der Waals surface area contributed by atoms with Gasteiger partial charge in [-0.3, -0.25) is 19.3 Å². The van der Waals surface area contributed by atoms with E-state index in [-0.39, 0.29) is 37.2 Å². The number of carbonyl (C=O) groups excluding carboxylic acids is 3. The van der Waals surface area contributed by atoms with Crippen molar-refractivity contribution in [1.82, 2.24) is 15.5 Å². The Morgan fingerprint density at radius 1 is 1.36 bits per heavy atom. The van der Waals surface area contributed by atoms with Crippen LogP contribution < -0.4 is 15.4 Å². The quantitative estimate of drug-likeness (QED) is 0.604. The van der Waals surface area contributed by atoms with E-state index in [1.807, 2.05) is 30.0 Å². The van der Waals surface area contributed by atoms with Gasteiger partial charge in [-0.1, -0.05) is 12.1 Å². The summed E-state index contributed by atoms with van der Waals surface area (Å²) in [4.78, 5) is 37.9. The first-order valence-corrected chi connectivity index (χ1v) is 9.52. The van der Waals surface area contributed by atoms with E-state index in [9.17, 15) is 14.4 Å². The fourth-order valence-corrected chi connectivity index (χ4v) is 3.23. The molecule has 1 fully saturated rings. The summed E-state index contributed by atoms with van der Waals surface area (Å²) < 4.78 is 10.1. The van der Waals surface area contributed by atoms with Gasteiger partial charge in [0.2, 0.25) is 11.8 Å². The summed E-state index contributed by atoms with van der Waals surface area (Å²) in [7, 11) is 1.63. The molecule has 2 rings (SSSR count). The van der Waals surface area contributed by atoms with E-state index in [2.05, 4.69) is 10.6 Å². The molecule has 0 radical (unpaired) electrons. The number of ether oxygens (including phenoxy) is 2. The summed E-state index contributed by atoms with van der Waals surface area (Å²) >= 11 is 0. The topological polar surface area (TPSA) is 97.0 Å². The molecule has 1 aromatic carbocycles. The van der Waals surface area contributed by atoms with Gasteiger partial charge in [0.1, 0.15) is 5.75 Å². The number of nitrogens with one attached hydrogen (secondary N) is 2. The summed E-state index contributed by atoms with van der Waals surface area (Å²) in [5.41, 5.74) is 2.08. The van der Waals surface area contributed by atoms with Crippen LogP contribution in [0, 0.1) is 6.92 Å². The van der Waals surface area contributed by atoms with Gasteiger partial charge in [-0.25, -0.2) is 0 Å². The molecule has 0 spiro atoms. The predicted molar refractivity (Wildman–Crippen MR) is 104 cm³/mol. The third-order valence-electron chi connectivity index (χ3n) is 4.62. The highest BCUT2D eigenvalue weighted by molar-refractivity contribution is 5.89. The molecule has 1 atom stereocenters. The molecule has 2 amide bonds. The van der Waals surface area contributed by atoms with Crippen molar-refractivity contribution in [3.8, 4) is 5.75 Å². The van der Waals surface area contributed by atoms with Crippen LogP contribution in [0.25, 0.3) is 0 Å². The smallest absolute Gasteiger partial charge is 0.307 e. The molecule has 2 N–H and O–H groups in total. The fourth-order valence-electron chi connectivity index (χ4n) is 3.23. The van der Waals surface area contributed by atoms with Crippen LogP contribution in [-0.4, -0.2) is 62.1 Å². The van der Waals surface area contributed by atoms with Crippen LogP contribution in [-0.2, 0) is 25.7 Å². The fraction of sp³-hybridized carbons (Fsp3) is 0.550. The number of aryl methyl sites for hydroxylation is 1. The molecule has 0 saturated carbocycles. The second-order valence-corrected chi connectivity index (χ2v) is 6.69. The van der Waals surface area contributed by atoms with Gasteiger partial charge in [-0.05, 0) is 31.0 Å². The van der Waals surface area contributed by atoms with Gasteiger partial charge >= 0.3 is 5.97 Å². The number of hydrogen-bond donors (Lipinski definition) is 2. The number of esters is 1. The van der Waals surface area contributed by atoms with Gasteiger partial charge in [0.05, 0.1) is 32.6 Å². The number of rotatable bonds is 9. The summed E-state index contributed by atoms with van der Waals surface area (Å²) in [6.45, 7) is 6.00. The van der Waals surface area contributed by atoms with Gasteiger partial charge in [-0.15, -0.1) is 0 Å². The number of methoxy groups -OCH3 is 1. The lowest BCUT2D eigenvalue weighted by molar-refractivity contribution is -0.143. The molecule has 8 heteroatoms. The molecule has 0 aliphatic carbocycles. The highest BCUT2D eigenvalue weighted by Crippen LogP contribution is 2.21. The van der Waals surface area contributed by atoms with Crippen molar-refractivity contribution in [3.05, 3.63) is 29.3 Å². The Bertz CT molecular complexity index is 707. The highest BCUT2D eigenvalue weighted by atomic mass is 16.5. The average molecular weight is 391 g/mol. The molecule has 1 saturated heterocycles. The van der Waals surface area contributed by atoms with Crippen molar-refractivity contribution < 1.29 is 23.9 Å². The first-order chi connectivity index (χ1) is 13.4. The number of hydrogen-bond acceptors (Lipinski definition) is 6. The zero-order valence-corrected chi connectivity index (χ0v) is 16.7. The third-order valence-corrected chi connectivity index (χ3v) is 4.62. The number of amides is 2. The predicted octanol–water partition coefficient (Wildman–Crippen LogP) is 0.764. The Kier molecular flexibility index (Phi) is 8.25. The average Bonchev–Trinajstić information content (AvgIpc) is 2.65. The minimum absolute atomic E-state index is 0.0454. The van der Waals surface area contributed by atoms with Crippen molar-refractivity contribution in [1.29, 1.82) is 0 Å². The zero-order valence-electron chi connectivity index (χ0n) is 16.7.